The van der Waals surface area contributed by atoms with Crippen molar-refractivity contribution in [1.29, 1.82) is 0 Å². The van der Waals surface area contributed by atoms with Crippen LogP contribution < -0.4 is 5.73 Å². The zero-order valence-electron chi connectivity index (χ0n) is 10.9. The summed E-state index contributed by atoms with van der Waals surface area (Å²) in [5.41, 5.74) is 8.05. The maximum Gasteiger partial charge on any atom is 0.166 e. The van der Waals surface area contributed by atoms with Crippen molar-refractivity contribution in [1.82, 2.24) is 14.5 Å². The summed E-state index contributed by atoms with van der Waals surface area (Å²) in [7, 11) is 0. The first-order valence-electron chi connectivity index (χ1n) is 5.94. The summed E-state index contributed by atoms with van der Waals surface area (Å²) in [6.45, 7) is 5.57. The van der Waals surface area contributed by atoms with E-state index in [2.05, 4.69) is 9.97 Å². The van der Waals surface area contributed by atoms with Gasteiger partial charge in [0.15, 0.2) is 6.29 Å². The number of hydrogen-bond donors (Lipinski definition) is 2. The Labute approximate surface area is 107 Å². The van der Waals surface area contributed by atoms with Crippen molar-refractivity contribution in [3.8, 4) is 0 Å². The summed E-state index contributed by atoms with van der Waals surface area (Å²) in [4.78, 5) is 17.0. The first-order chi connectivity index (χ1) is 8.67. The number of nitrogens with zero attached hydrogens (tertiary/aromatic N) is 2. The van der Waals surface area contributed by atoms with Crippen LogP contribution in [0.1, 0.15) is 28.2 Å². The van der Waals surface area contributed by atoms with Crippen molar-refractivity contribution in [3.63, 3.8) is 0 Å². The number of aromatic amines is 1. The Morgan fingerprint density at radius 3 is 2.67 bits per heavy atom. The summed E-state index contributed by atoms with van der Waals surface area (Å²) in [5.74, 6) is 0. The van der Waals surface area contributed by atoms with E-state index < -0.39 is 0 Å². The maximum atomic E-state index is 10.2. The Bertz CT molecular complexity index is 459. The van der Waals surface area contributed by atoms with Crippen molar-refractivity contribution >= 4 is 6.29 Å². The van der Waals surface area contributed by atoms with Crippen LogP contribution in [-0.4, -0.2) is 27.4 Å². The molecular weight excluding hydrogens is 228 g/mol. The van der Waals surface area contributed by atoms with Gasteiger partial charge in [-0.05, 0) is 38.4 Å². The topological polar surface area (TPSA) is 76.7 Å². The van der Waals surface area contributed by atoms with Crippen LogP contribution >= 0.6 is 0 Å². The molecule has 2 aromatic rings. The van der Waals surface area contributed by atoms with Gasteiger partial charge in [-0.1, -0.05) is 0 Å². The van der Waals surface area contributed by atoms with Crippen molar-refractivity contribution < 1.29 is 4.79 Å². The first kappa shape index (κ1) is 14.2. The lowest BCUT2D eigenvalue weighted by Crippen LogP contribution is -2.03. The molecule has 5 heteroatoms. The number of hydrogen-bond acceptors (Lipinski definition) is 3. The van der Waals surface area contributed by atoms with E-state index in [1.54, 1.807) is 12.5 Å². The molecule has 2 aromatic heterocycles. The number of aldehydes is 1. The van der Waals surface area contributed by atoms with Crippen LogP contribution in [0.15, 0.2) is 24.8 Å². The van der Waals surface area contributed by atoms with Crippen molar-refractivity contribution in [2.45, 2.75) is 26.8 Å². The summed E-state index contributed by atoms with van der Waals surface area (Å²) in [5, 5.41) is 0. The van der Waals surface area contributed by atoms with Gasteiger partial charge in [-0.15, -0.1) is 0 Å². The number of H-pyrrole nitrogens is 1. The molecule has 0 aliphatic carbocycles. The van der Waals surface area contributed by atoms with E-state index in [4.69, 9.17) is 5.73 Å². The van der Waals surface area contributed by atoms with Crippen molar-refractivity contribution in [2.75, 3.05) is 6.54 Å². The summed E-state index contributed by atoms with van der Waals surface area (Å²) < 4.78 is 2.02. The van der Waals surface area contributed by atoms with Crippen molar-refractivity contribution in [3.05, 3.63) is 41.7 Å². The average Bonchev–Trinajstić information content (AvgIpc) is 2.97. The van der Waals surface area contributed by atoms with Crippen LogP contribution in [0.2, 0.25) is 0 Å². The molecule has 0 amide bonds. The van der Waals surface area contributed by atoms with E-state index in [-0.39, 0.29) is 0 Å². The summed E-state index contributed by atoms with van der Waals surface area (Å²) >= 11 is 0. The Hall–Kier alpha value is -1.88. The maximum absolute atomic E-state index is 10.2. The van der Waals surface area contributed by atoms with Crippen LogP contribution in [0.25, 0.3) is 0 Å². The number of carbonyl (C=O) groups excluding carboxylic acids is 1. The molecule has 0 unspecified atom stereocenters. The number of imidazole rings is 1. The van der Waals surface area contributed by atoms with Gasteiger partial charge in [0, 0.05) is 24.6 Å². The zero-order valence-corrected chi connectivity index (χ0v) is 10.9. The molecule has 0 radical (unpaired) electrons. The molecule has 5 nitrogen and oxygen atoms in total. The van der Waals surface area contributed by atoms with E-state index in [0.29, 0.717) is 5.69 Å². The lowest BCUT2D eigenvalue weighted by atomic mass is 10.3. The number of aromatic nitrogens is 3. The highest BCUT2D eigenvalue weighted by Crippen LogP contribution is 2.04. The number of nitrogens with one attached hydrogen (secondary N) is 1. The molecule has 98 valence electrons. The minimum absolute atomic E-state index is 0.688. The van der Waals surface area contributed by atoms with E-state index in [1.165, 1.54) is 0 Å². The summed E-state index contributed by atoms with van der Waals surface area (Å²) in [6.07, 6.45) is 7.38. The SMILES string of the molecule is Cc1cc(C)c(C=O)[nH]1.NCCCn1ccnc1. The molecule has 18 heavy (non-hydrogen) atoms. The van der Waals surface area contributed by atoms with Gasteiger partial charge in [0.05, 0.1) is 12.0 Å². The smallest absolute Gasteiger partial charge is 0.166 e. The molecule has 0 fully saturated rings. The minimum atomic E-state index is 0.688. The van der Waals surface area contributed by atoms with Crippen LogP contribution in [0, 0.1) is 13.8 Å². The van der Waals surface area contributed by atoms with Crippen molar-refractivity contribution in [2.24, 2.45) is 5.73 Å². The quantitative estimate of drug-likeness (QED) is 0.808. The standard InChI is InChI=1S/C7H9NO.C6H11N3/c1-5-3-6(2)8-7(5)4-9;7-2-1-4-9-5-3-8-6-9/h3-4,8H,1-2H3;3,5-6H,1-2,4,7H2. The van der Waals surface area contributed by atoms with Crippen LogP contribution in [-0.2, 0) is 6.54 Å². The third kappa shape index (κ3) is 4.55. The third-order valence-corrected chi connectivity index (χ3v) is 2.49. The number of carbonyl (C=O) groups is 1. The van der Waals surface area contributed by atoms with Gasteiger partial charge in [-0.3, -0.25) is 4.79 Å². The molecule has 0 saturated heterocycles. The fourth-order valence-electron chi connectivity index (χ4n) is 1.56. The molecule has 0 aliphatic rings. The highest BCUT2D eigenvalue weighted by Gasteiger charge is 1.97. The zero-order chi connectivity index (χ0) is 13.4. The van der Waals surface area contributed by atoms with Gasteiger partial charge >= 0.3 is 0 Å². The van der Waals surface area contributed by atoms with Crippen LogP contribution in [0.5, 0.6) is 0 Å². The highest BCUT2D eigenvalue weighted by molar-refractivity contribution is 5.74. The van der Waals surface area contributed by atoms with E-state index in [0.717, 1.165) is 37.1 Å². The first-order valence-corrected chi connectivity index (χ1v) is 5.94. The van der Waals surface area contributed by atoms with Gasteiger partial charge in [0.2, 0.25) is 0 Å². The summed E-state index contributed by atoms with van der Waals surface area (Å²) in [6, 6.07) is 1.95. The lowest BCUT2D eigenvalue weighted by molar-refractivity contribution is 0.111. The predicted octanol–water partition coefficient (Wildman–Crippen LogP) is 1.68. The van der Waals surface area contributed by atoms with Gasteiger partial charge in [-0.2, -0.15) is 0 Å². The second-order valence-corrected chi connectivity index (χ2v) is 4.11. The fourth-order valence-corrected chi connectivity index (χ4v) is 1.56. The van der Waals surface area contributed by atoms with E-state index >= 15 is 0 Å². The van der Waals surface area contributed by atoms with Crippen LogP contribution in [0.3, 0.4) is 0 Å². The molecule has 2 heterocycles. The van der Waals surface area contributed by atoms with E-state index in [9.17, 15) is 4.79 Å². The molecule has 0 aromatic carbocycles. The predicted molar refractivity (Wildman–Crippen MR) is 71.6 cm³/mol. The number of nitrogens with two attached hydrogens (primary N) is 1. The molecule has 0 atom stereocenters. The fraction of sp³-hybridized carbons (Fsp3) is 0.385. The molecule has 0 bridgehead atoms. The molecule has 2 rings (SSSR count). The molecule has 0 aliphatic heterocycles. The lowest BCUT2D eigenvalue weighted by Gasteiger charge is -1.96. The highest BCUT2D eigenvalue weighted by atomic mass is 16.1. The van der Waals surface area contributed by atoms with Gasteiger partial charge < -0.3 is 15.3 Å². The van der Waals surface area contributed by atoms with E-state index in [1.807, 2.05) is 30.7 Å². The number of rotatable bonds is 4. The Morgan fingerprint density at radius 2 is 2.28 bits per heavy atom. The molecular formula is C13H20N4O. The Morgan fingerprint density at radius 1 is 1.50 bits per heavy atom. The monoisotopic (exact) mass is 248 g/mol. The van der Waals surface area contributed by atoms with Gasteiger partial charge in [0.25, 0.3) is 0 Å². The second kappa shape index (κ2) is 7.45. The average molecular weight is 248 g/mol. The third-order valence-electron chi connectivity index (χ3n) is 2.49. The Balaban J connectivity index is 0.000000180. The van der Waals surface area contributed by atoms with Gasteiger partial charge in [-0.25, -0.2) is 4.98 Å². The van der Waals surface area contributed by atoms with Crippen LogP contribution in [0.4, 0.5) is 0 Å². The second-order valence-electron chi connectivity index (χ2n) is 4.11. The molecule has 3 N–H and O–H groups in total. The minimum Gasteiger partial charge on any atom is -0.356 e. The normalized spacial score (nSPS) is 9.72. The number of aryl methyl sites for hydroxylation is 3. The molecule has 0 spiro atoms. The molecule has 0 saturated carbocycles. The largest absolute Gasteiger partial charge is 0.356 e. The Kier molecular flexibility index (Phi) is 5.87. The van der Waals surface area contributed by atoms with Gasteiger partial charge in [0.1, 0.15) is 0 Å².